The molecule has 0 saturated carbocycles. The highest BCUT2D eigenvalue weighted by Crippen LogP contribution is 2.36. The lowest BCUT2D eigenvalue weighted by Crippen LogP contribution is -2.17. The summed E-state index contributed by atoms with van der Waals surface area (Å²) in [6, 6.07) is 18.0. The van der Waals surface area contributed by atoms with E-state index < -0.39 is 10.8 Å². The van der Waals surface area contributed by atoms with Crippen molar-refractivity contribution in [2.45, 2.75) is 6.92 Å². The molecule has 0 aliphatic heterocycles. The molecule has 0 radical (unpaired) electrons. The minimum absolute atomic E-state index is 0.0695. The maximum Gasteiger partial charge on any atom is 0.271 e. The molecule has 0 unspecified atom stereocenters. The predicted octanol–water partition coefficient (Wildman–Crippen LogP) is 5.79. The highest BCUT2D eigenvalue weighted by Gasteiger charge is 2.17. The van der Waals surface area contributed by atoms with Gasteiger partial charge in [0, 0.05) is 39.0 Å². The van der Waals surface area contributed by atoms with Gasteiger partial charge in [0.05, 0.1) is 16.2 Å². The van der Waals surface area contributed by atoms with E-state index in [0.29, 0.717) is 26.7 Å². The highest BCUT2D eigenvalue weighted by atomic mass is 35.5. The second-order valence-electron chi connectivity index (χ2n) is 7.33. The number of benzene rings is 3. The van der Waals surface area contributed by atoms with Crippen molar-refractivity contribution in [3.8, 4) is 0 Å². The molecule has 8 nitrogen and oxygen atoms in total. The molecule has 4 rings (SSSR count). The van der Waals surface area contributed by atoms with E-state index in [9.17, 15) is 19.7 Å². The molecule has 2 N–H and O–H groups in total. The Balaban J connectivity index is 1.39. The molecule has 0 aliphatic carbocycles. The number of anilines is 1. The number of carbonyl (C=O) groups is 2. The molecule has 0 spiro atoms. The van der Waals surface area contributed by atoms with Crippen LogP contribution in [0.4, 0.5) is 11.4 Å². The first-order valence-electron chi connectivity index (χ1n) is 10.00. The van der Waals surface area contributed by atoms with Gasteiger partial charge in [-0.05, 0) is 42.8 Å². The number of carbonyl (C=O) groups excluding carboxylic acids is 2. The van der Waals surface area contributed by atoms with Gasteiger partial charge < -0.3 is 5.32 Å². The van der Waals surface area contributed by atoms with Crippen LogP contribution in [0, 0.1) is 17.0 Å². The van der Waals surface area contributed by atoms with Gasteiger partial charge in [-0.3, -0.25) is 19.7 Å². The Morgan fingerprint density at radius 1 is 1.06 bits per heavy atom. The van der Waals surface area contributed by atoms with Crippen LogP contribution in [0.15, 0.2) is 71.8 Å². The summed E-state index contributed by atoms with van der Waals surface area (Å²) in [6.07, 6.45) is 1.32. The largest absolute Gasteiger partial charge is 0.321 e. The summed E-state index contributed by atoms with van der Waals surface area (Å²) in [7, 11) is 0. The van der Waals surface area contributed by atoms with E-state index >= 15 is 0 Å². The number of nitrogens with one attached hydrogen (secondary N) is 2. The molecule has 0 fully saturated rings. The first-order chi connectivity index (χ1) is 16.3. The lowest BCUT2D eigenvalue weighted by molar-refractivity contribution is -0.384. The fourth-order valence-corrected chi connectivity index (χ4v) is 4.67. The number of hydrogen-bond donors (Lipinski definition) is 2. The van der Waals surface area contributed by atoms with E-state index in [4.69, 9.17) is 11.6 Å². The average Bonchev–Trinajstić information content (AvgIpc) is 3.15. The number of nitro groups is 1. The van der Waals surface area contributed by atoms with E-state index in [1.54, 1.807) is 30.3 Å². The topological polar surface area (TPSA) is 114 Å². The SMILES string of the molecule is Cc1ccc2c(Cl)c(C(=O)Nc3ccc(C(=O)N/N=C\c4cccc([N+](=O)[O-])c4)cc3)sc2c1. The molecule has 0 aliphatic rings. The Kier molecular flexibility index (Phi) is 6.67. The van der Waals surface area contributed by atoms with Crippen molar-refractivity contribution in [3.05, 3.63) is 103 Å². The minimum Gasteiger partial charge on any atom is -0.321 e. The van der Waals surface area contributed by atoms with Gasteiger partial charge in [-0.25, -0.2) is 5.43 Å². The van der Waals surface area contributed by atoms with Crippen molar-refractivity contribution >= 4 is 62.4 Å². The first kappa shape index (κ1) is 23.1. The Bertz CT molecular complexity index is 1450. The van der Waals surface area contributed by atoms with Crippen LogP contribution in [-0.4, -0.2) is 23.0 Å². The summed E-state index contributed by atoms with van der Waals surface area (Å²) in [6.45, 7) is 1.98. The monoisotopic (exact) mass is 492 g/mol. The number of nitrogens with zero attached hydrogens (tertiary/aromatic N) is 2. The maximum absolute atomic E-state index is 12.7. The Morgan fingerprint density at radius 3 is 2.56 bits per heavy atom. The molecule has 1 aromatic heterocycles. The van der Waals surface area contributed by atoms with Crippen LogP contribution >= 0.6 is 22.9 Å². The minimum atomic E-state index is -0.508. The number of rotatable bonds is 6. The van der Waals surface area contributed by atoms with Crippen molar-refractivity contribution in [3.63, 3.8) is 0 Å². The molecule has 0 bridgehead atoms. The van der Waals surface area contributed by atoms with Crippen LogP contribution in [0.1, 0.15) is 31.2 Å². The van der Waals surface area contributed by atoms with Crippen LogP contribution in [0.25, 0.3) is 10.1 Å². The molecule has 4 aromatic rings. The van der Waals surface area contributed by atoms with Gasteiger partial charge in [0.15, 0.2) is 0 Å². The van der Waals surface area contributed by atoms with Gasteiger partial charge in [0.1, 0.15) is 4.88 Å². The molecular formula is C24H17ClN4O4S. The Hall–Kier alpha value is -4.08. The number of amides is 2. The van der Waals surface area contributed by atoms with Crippen molar-refractivity contribution in [2.24, 2.45) is 5.10 Å². The molecule has 34 heavy (non-hydrogen) atoms. The molecule has 1 heterocycles. The highest BCUT2D eigenvalue weighted by molar-refractivity contribution is 7.21. The fourth-order valence-electron chi connectivity index (χ4n) is 3.16. The maximum atomic E-state index is 12.7. The lowest BCUT2D eigenvalue weighted by atomic mass is 10.2. The average molecular weight is 493 g/mol. The van der Waals surface area contributed by atoms with E-state index in [1.165, 1.54) is 35.8 Å². The summed E-state index contributed by atoms with van der Waals surface area (Å²) in [5.41, 5.74) is 4.69. The Morgan fingerprint density at radius 2 is 1.82 bits per heavy atom. The normalized spacial score (nSPS) is 11.0. The third kappa shape index (κ3) is 5.11. The third-order valence-electron chi connectivity index (χ3n) is 4.86. The molecule has 0 saturated heterocycles. The van der Waals surface area contributed by atoms with Crippen LogP contribution < -0.4 is 10.7 Å². The van der Waals surface area contributed by atoms with Gasteiger partial charge >= 0.3 is 0 Å². The van der Waals surface area contributed by atoms with E-state index in [-0.39, 0.29) is 11.6 Å². The smallest absolute Gasteiger partial charge is 0.271 e. The zero-order valence-corrected chi connectivity index (χ0v) is 19.3. The van der Waals surface area contributed by atoms with Gasteiger partial charge in [-0.1, -0.05) is 35.9 Å². The van der Waals surface area contributed by atoms with Crippen LogP contribution in [0.5, 0.6) is 0 Å². The summed E-state index contributed by atoms with van der Waals surface area (Å²) in [4.78, 5) is 35.8. The zero-order valence-electron chi connectivity index (χ0n) is 17.7. The summed E-state index contributed by atoms with van der Waals surface area (Å²) < 4.78 is 0.938. The quantitative estimate of drug-likeness (QED) is 0.201. The standard InChI is InChI=1S/C24H17ClN4O4S/c1-14-5-10-19-20(11-14)34-22(21(19)25)24(31)27-17-8-6-16(7-9-17)23(30)28-26-13-15-3-2-4-18(12-15)29(32)33/h2-13H,1H3,(H,27,31)(H,28,30)/b26-13-. The van der Waals surface area contributed by atoms with E-state index in [1.807, 2.05) is 25.1 Å². The molecule has 3 aromatic carbocycles. The van der Waals surface area contributed by atoms with Crippen molar-refractivity contribution in [2.75, 3.05) is 5.32 Å². The first-order valence-corrected chi connectivity index (χ1v) is 11.2. The van der Waals surface area contributed by atoms with Crippen molar-refractivity contribution in [1.82, 2.24) is 5.43 Å². The molecule has 0 atom stereocenters. The van der Waals surface area contributed by atoms with Gasteiger partial charge in [0.2, 0.25) is 0 Å². The zero-order chi connectivity index (χ0) is 24.2. The number of fused-ring (bicyclic) bond motifs is 1. The predicted molar refractivity (Wildman–Crippen MR) is 134 cm³/mol. The lowest BCUT2D eigenvalue weighted by Gasteiger charge is -2.05. The number of thiophene rings is 1. The number of halogens is 1. The third-order valence-corrected chi connectivity index (χ3v) is 6.51. The summed E-state index contributed by atoms with van der Waals surface area (Å²) in [5, 5.41) is 18.7. The van der Waals surface area contributed by atoms with Gasteiger partial charge in [-0.2, -0.15) is 5.10 Å². The molecule has 170 valence electrons. The number of hydrogen-bond acceptors (Lipinski definition) is 6. The second-order valence-corrected chi connectivity index (χ2v) is 8.76. The molecule has 2 amide bonds. The van der Waals surface area contributed by atoms with Crippen LogP contribution in [0.2, 0.25) is 5.02 Å². The van der Waals surface area contributed by atoms with Crippen LogP contribution in [0.3, 0.4) is 0 Å². The molecule has 10 heteroatoms. The number of aryl methyl sites for hydroxylation is 1. The fraction of sp³-hybridized carbons (Fsp3) is 0.0417. The molecular weight excluding hydrogens is 476 g/mol. The Labute approximate surface area is 203 Å². The number of nitro benzene ring substituents is 1. The van der Waals surface area contributed by atoms with E-state index in [0.717, 1.165) is 15.6 Å². The van der Waals surface area contributed by atoms with Gasteiger partial charge in [-0.15, -0.1) is 11.3 Å². The van der Waals surface area contributed by atoms with Gasteiger partial charge in [0.25, 0.3) is 17.5 Å². The number of non-ortho nitro benzene ring substituents is 1. The summed E-state index contributed by atoms with van der Waals surface area (Å²) >= 11 is 7.73. The van der Waals surface area contributed by atoms with E-state index in [2.05, 4.69) is 15.8 Å². The van der Waals surface area contributed by atoms with Crippen molar-refractivity contribution in [1.29, 1.82) is 0 Å². The number of hydrazone groups is 1. The van der Waals surface area contributed by atoms with Crippen molar-refractivity contribution < 1.29 is 14.5 Å². The second kappa shape index (κ2) is 9.82. The summed E-state index contributed by atoms with van der Waals surface area (Å²) in [5.74, 6) is -0.801. The van der Waals surface area contributed by atoms with Crippen LogP contribution in [-0.2, 0) is 0 Å².